The number of nitrogens with zero attached hydrogens (tertiary/aromatic N) is 2. The van der Waals surface area contributed by atoms with Gasteiger partial charge in [0.2, 0.25) is 17.3 Å². The number of nitrogens with one attached hydrogen (secondary N) is 1. The third-order valence-corrected chi connectivity index (χ3v) is 7.05. The number of pyridine rings is 1. The number of aromatic nitrogens is 1. The first-order valence-electron chi connectivity index (χ1n) is 10.5. The summed E-state index contributed by atoms with van der Waals surface area (Å²) in [6.45, 7) is 0. The SMILES string of the molecule is N#CC1=C([S-])N[C@@](O)(c2ccccc2)[C@H]([n+]2cccc3ccccc32)[C@H]1c1ccc(Br)cc1. The average molecular weight is 514 g/mol. The number of nitriles is 1. The monoisotopic (exact) mass is 513 g/mol. The summed E-state index contributed by atoms with van der Waals surface area (Å²) in [4.78, 5) is 0. The van der Waals surface area contributed by atoms with Crippen LogP contribution in [0.3, 0.4) is 0 Å². The Kier molecular flexibility index (Phi) is 5.63. The highest BCUT2D eigenvalue weighted by Gasteiger charge is 2.54. The lowest BCUT2D eigenvalue weighted by Gasteiger charge is -2.45. The van der Waals surface area contributed by atoms with Crippen LogP contribution in [-0.4, -0.2) is 5.11 Å². The molecule has 0 fully saturated rings. The van der Waals surface area contributed by atoms with Crippen molar-refractivity contribution in [2.24, 2.45) is 0 Å². The molecule has 0 bridgehead atoms. The maximum absolute atomic E-state index is 12.3. The molecule has 0 aliphatic carbocycles. The first kappa shape index (κ1) is 21.6. The van der Waals surface area contributed by atoms with E-state index in [1.807, 2.05) is 97.2 Å². The van der Waals surface area contributed by atoms with Gasteiger partial charge >= 0.3 is 0 Å². The summed E-state index contributed by atoms with van der Waals surface area (Å²) in [7, 11) is 0. The van der Waals surface area contributed by atoms with E-state index in [0.717, 1.165) is 20.9 Å². The summed E-state index contributed by atoms with van der Waals surface area (Å²) in [5.41, 5.74) is 1.41. The molecule has 4 aromatic rings. The van der Waals surface area contributed by atoms with Gasteiger partial charge in [-0.15, -0.1) is 0 Å². The molecule has 3 aromatic carbocycles. The Morgan fingerprint density at radius 3 is 2.33 bits per heavy atom. The molecule has 5 rings (SSSR count). The molecule has 1 aromatic heterocycles. The zero-order valence-corrected chi connectivity index (χ0v) is 19.9. The average Bonchev–Trinajstić information content (AvgIpc) is 2.84. The number of hydrogen-bond donors (Lipinski definition) is 2. The third-order valence-electron chi connectivity index (χ3n) is 6.20. The maximum atomic E-state index is 12.3. The van der Waals surface area contributed by atoms with E-state index in [9.17, 15) is 10.4 Å². The maximum Gasteiger partial charge on any atom is 0.225 e. The molecule has 33 heavy (non-hydrogen) atoms. The summed E-state index contributed by atoms with van der Waals surface area (Å²) < 4.78 is 3.00. The van der Waals surface area contributed by atoms with Gasteiger partial charge in [-0.1, -0.05) is 75.6 Å². The number of halogens is 1. The van der Waals surface area contributed by atoms with Crippen LogP contribution >= 0.6 is 15.9 Å². The lowest BCUT2D eigenvalue weighted by atomic mass is 9.75. The quantitative estimate of drug-likeness (QED) is 0.300. The van der Waals surface area contributed by atoms with Crippen molar-refractivity contribution in [2.45, 2.75) is 17.7 Å². The van der Waals surface area contributed by atoms with Crippen LogP contribution in [0.5, 0.6) is 0 Å². The number of allylic oxidation sites excluding steroid dienone is 1. The highest BCUT2D eigenvalue weighted by molar-refractivity contribution is 9.10. The predicted octanol–water partition coefficient (Wildman–Crippen LogP) is 4.95. The molecule has 162 valence electrons. The van der Waals surface area contributed by atoms with Crippen LogP contribution in [0.1, 0.15) is 23.1 Å². The molecule has 4 nitrogen and oxygen atoms in total. The fourth-order valence-electron chi connectivity index (χ4n) is 4.72. The second-order valence-corrected chi connectivity index (χ2v) is 9.38. The van der Waals surface area contributed by atoms with Crippen molar-refractivity contribution in [1.29, 1.82) is 5.26 Å². The summed E-state index contributed by atoms with van der Waals surface area (Å²) >= 11 is 9.13. The largest absolute Gasteiger partial charge is 0.762 e. The first-order valence-corrected chi connectivity index (χ1v) is 11.7. The molecule has 2 N–H and O–H groups in total. The molecule has 1 aliphatic heterocycles. The Bertz CT molecular complexity index is 1390. The van der Waals surface area contributed by atoms with Gasteiger partial charge in [-0.3, -0.25) is 0 Å². The van der Waals surface area contributed by atoms with Crippen molar-refractivity contribution in [2.75, 3.05) is 0 Å². The van der Waals surface area contributed by atoms with Gasteiger partial charge < -0.3 is 23.1 Å². The number of fused-ring (bicyclic) bond motifs is 1. The number of aliphatic hydroxyl groups is 1. The van der Waals surface area contributed by atoms with Crippen LogP contribution < -0.4 is 9.88 Å². The van der Waals surface area contributed by atoms with E-state index in [1.54, 1.807) is 0 Å². The van der Waals surface area contributed by atoms with Gasteiger partial charge in [-0.25, -0.2) is 0 Å². The Morgan fingerprint density at radius 1 is 0.939 bits per heavy atom. The summed E-state index contributed by atoms with van der Waals surface area (Å²) in [5.74, 6) is -0.474. The van der Waals surface area contributed by atoms with Gasteiger partial charge in [0.1, 0.15) is 0 Å². The van der Waals surface area contributed by atoms with Gasteiger partial charge in [0.05, 0.1) is 12.0 Å². The Hall–Kier alpha value is -3.24. The van der Waals surface area contributed by atoms with Crippen LogP contribution in [0.4, 0.5) is 0 Å². The first-order chi connectivity index (χ1) is 16.0. The minimum atomic E-state index is -1.55. The van der Waals surface area contributed by atoms with E-state index in [4.69, 9.17) is 12.6 Å². The second kappa shape index (κ2) is 8.60. The zero-order chi connectivity index (χ0) is 23.0. The fourth-order valence-corrected chi connectivity index (χ4v) is 5.31. The van der Waals surface area contributed by atoms with Crippen LogP contribution in [0.15, 0.2) is 112 Å². The van der Waals surface area contributed by atoms with Crippen molar-refractivity contribution in [1.82, 2.24) is 5.32 Å². The minimum Gasteiger partial charge on any atom is -0.762 e. The molecular weight excluding hydrogens is 494 g/mol. The Morgan fingerprint density at radius 2 is 1.61 bits per heavy atom. The number of para-hydroxylation sites is 1. The topological polar surface area (TPSA) is 59.9 Å². The number of hydrogen-bond acceptors (Lipinski definition) is 4. The third kappa shape index (κ3) is 3.68. The van der Waals surface area contributed by atoms with Crippen molar-refractivity contribution in [3.05, 3.63) is 123 Å². The molecule has 0 amide bonds. The van der Waals surface area contributed by atoms with Crippen molar-refractivity contribution >= 4 is 39.5 Å². The molecule has 0 spiro atoms. The summed E-state index contributed by atoms with van der Waals surface area (Å²) in [6.07, 6.45) is 1.96. The molecule has 0 unspecified atom stereocenters. The Labute approximate surface area is 206 Å². The van der Waals surface area contributed by atoms with Crippen LogP contribution in [0.2, 0.25) is 0 Å². The van der Waals surface area contributed by atoms with Gasteiger partial charge in [0, 0.05) is 33.1 Å². The van der Waals surface area contributed by atoms with Gasteiger partial charge in [0.25, 0.3) is 0 Å². The van der Waals surface area contributed by atoms with Gasteiger partial charge in [0.15, 0.2) is 6.20 Å². The van der Waals surface area contributed by atoms with E-state index < -0.39 is 17.7 Å². The highest BCUT2D eigenvalue weighted by Crippen LogP contribution is 2.47. The van der Waals surface area contributed by atoms with Crippen molar-refractivity contribution in [3.63, 3.8) is 0 Å². The predicted molar refractivity (Wildman–Crippen MR) is 134 cm³/mol. The van der Waals surface area contributed by atoms with Crippen molar-refractivity contribution in [3.8, 4) is 6.07 Å². The van der Waals surface area contributed by atoms with E-state index in [-0.39, 0.29) is 5.03 Å². The van der Waals surface area contributed by atoms with E-state index in [2.05, 4.69) is 31.9 Å². The summed E-state index contributed by atoms with van der Waals surface area (Å²) in [6, 6.07) is 31.1. The molecule has 6 heteroatoms. The summed E-state index contributed by atoms with van der Waals surface area (Å²) in [5, 5.41) is 26.9. The fraction of sp³-hybridized carbons (Fsp3) is 0.111. The highest BCUT2D eigenvalue weighted by atomic mass is 79.9. The van der Waals surface area contributed by atoms with E-state index >= 15 is 0 Å². The smallest absolute Gasteiger partial charge is 0.225 e. The Balaban J connectivity index is 1.85. The number of rotatable bonds is 3. The second-order valence-electron chi connectivity index (χ2n) is 8.06. The molecule has 3 atom stereocenters. The van der Waals surface area contributed by atoms with Crippen LogP contribution in [0.25, 0.3) is 10.9 Å². The van der Waals surface area contributed by atoms with Gasteiger partial charge in [-0.05, 0) is 29.8 Å². The normalized spacial score (nSPS) is 22.6. The standard InChI is InChI=1S/C27H20BrN3OS/c28-21-14-12-19(13-15-21)24-22(17-29)26(33)30-27(32,20-9-2-1-3-10-20)25(24)31-16-6-8-18-7-4-5-11-23(18)31/h1-16,24-25,30,32H/t24-,25+,27+/m0/s1. The minimum absolute atomic E-state index is 0.258. The van der Waals surface area contributed by atoms with Crippen LogP contribution in [0, 0.1) is 11.3 Å². The molecule has 0 saturated heterocycles. The zero-order valence-electron chi connectivity index (χ0n) is 17.5. The molecule has 0 saturated carbocycles. The van der Waals surface area contributed by atoms with Crippen molar-refractivity contribution < 1.29 is 9.67 Å². The van der Waals surface area contributed by atoms with E-state index in [0.29, 0.717) is 11.1 Å². The lowest BCUT2D eigenvalue weighted by Crippen LogP contribution is -2.62. The van der Waals surface area contributed by atoms with E-state index in [1.165, 1.54) is 0 Å². The van der Waals surface area contributed by atoms with Crippen LogP contribution in [-0.2, 0) is 18.4 Å². The molecule has 1 aliphatic rings. The number of benzene rings is 3. The lowest BCUT2D eigenvalue weighted by molar-refractivity contribution is -0.720. The molecule has 2 heterocycles. The van der Waals surface area contributed by atoms with Gasteiger partial charge in [-0.2, -0.15) is 9.83 Å². The molecule has 0 radical (unpaired) electrons. The molecular formula is C27H20BrN3OS.